The van der Waals surface area contributed by atoms with E-state index in [1.54, 1.807) is 0 Å². The van der Waals surface area contributed by atoms with Crippen LogP contribution in [0.4, 0.5) is 0 Å². The normalized spacial score (nSPS) is 1.00. The predicted octanol–water partition coefficient (Wildman–Crippen LogP) is 2.12. The van der Waals surface area contributed by atoms with Crippen molar-refractivity contribution in [2.75, 3.05) is 7.05 Å². The van der Waals surface area contributed by atoms with Crippen molar-refractivity contribution in [3.63, 3.8) is 0 Å². The van der Waals surface area contributed by atoms with E-state index in [-0.39, 0.29) is 29.7 Å². The molecule has 0 fully saturated rings. The Balaban J connectivity index is -0.000000000833. The first kappa shape index (κ1) is 159. The molecule has 0 saturated heterocycles. The smallest absolute Gasteiger partial charge is 0.0195 e. The summed E-state index contributed by atoms with van der Waals surface area (Å²) in [6.45, 7) is 0. The van der Waals surface area contributed by atoms with Crippen LogP contribution >= 0.6 is 0 Å². The molecular weight excluding hydrogens is 74.1 g/mol. The minimum atomic E-state index is 0. The third-order valence-electron chi connectivity index (χ3n) is 0. The molecular formula is C5H21N. The Kier molecular flexibility index (Phi) is 1290000. The first-order valence-corrected chi connectivity index (χ1v) is 0.577. The van der Waals surface area contributed by atoms with Crippen molar-refractivity contribution in [3.05, 3.63) is 0 Å². The molecule has 1 heteroatoms. The van der Waals surface area contributed by atoms with Gasteiger partial charge in [-0.3, -0.25) is 0 Å². The van der Waals surface area contributed by atoms with Crippen LogP contribution in [0.1, 0.15) is 29.7 Å². The fourth-order valence-electron chi connectivity index (χ4n) is 0. The van der Waals surface area contributed by atoms with Crippen LogP contribution in [0.5, 0.6) is 0 Å². The molecule has 0 bridgehead atoms. The first-order chi connectivity index (χ1) is 1.00. The molecule has 0 aromatic rings. The monoisotopic (exact) mass is 95.2 g/mol. The zero-order valence-corrected chi connectivity index (χ0v) is 1.58. The molecule has 0 aliphatic heterocycles. The largest absolute Gasteiger partial charge is 0.333 e. The van der Waals surface area contributed by atoms with Gasteiger partial charge < -0.3 is 5.73 Å². The lowest BCUT2D eigenvalue weighted by atomic mass is 11.6. The van der Waals surface area contributed by atoms with E-state index < -0.39 is 0 Å². The summed E-state index contributed by atoms with van der Waals surface area (Å²) in [6.07, 6.45) is 0. The molecule has 0 spiro atoms. The van der Waals surface area contributed by atoms with Crippen molar-refractivity contribution in [1.29, 1.82) is 0 Å². The molecule has 0 radical (unpaired) electrons. The molecule has 1 nitrogen and oxygen atoms in total. The van der Waals surface area contributed by atoms with E-state index in [2.05, 4.69) is 5.73 Å². The highest BCUT2D eigenvalue weighted by molar-refractivity contribution is 3.54. The number of rotatable bonds is 0. The molecule has 0 rings (SSSR count). The quantitative estimate of drug-likeness (QED) is 0.490. The Labute approximate surface area is 43.6 Å². The van der Waals surface area contributed by atoms with Crippen molar-refractivity contribution in [2.24, 2.45) is 5.73 Å². The van der Waals surface area contributed by atoms with Crippen molar-refractivity contribution in [2.45, 2.75) is 29.7 Å². The molecule has 0 unspecified atom stereocenters. The molecule has 0 aliphatic rings. The van der Waals surface area contributed by atoms with Gasteiger partial charge in [-0.25, -0.2) is 0 Å². The minimum absolute atomic E-state index is 0. The fourth-order valence-corrected chi connectivity index (χ4v) is 0. The van der Waals surface area contributed by atoms with Crippen molar-refractivity contribution in [3.8, 4) is 0 Å². The van der Waals surface area contributed by atoms with E-state index >= 15 is 0 Å². The van der Waals surface area contributed by atoms with Gasteiger partial charge >= 0.3 is 0 Å². The van der Waals surface area contributed by atoms with Gasteiger partial charge in [0.05, 0.1) is 0 Å². The molecule has 46 valence electrons. The van der Waals surface area contributed by atoms with Crippen LogP contribution in [0.2, 0.25) is 0 Å². The van der Waals surface area contributed by atoms with Crippen LogP contribution in [-0.4, -0.2) is 7.05 Å². The lowest BCUT2D eigenvalue weighted by Crippen LogP contribution is -1.69. The van der Waals surface area contributed by atoms with E-state index in [0.29, 0.717) is 0 Å². The highest BCUT2D eigenvalue weighted by Gasteiger charge is 0.836. The van der Waals surface area contributed by atoms with Gasteiger partial charge in [-0.2, -0.15) is 0 Å². The van der Waals surface area contributed by atoms with Crippen molar-refractivity contribution >= 4 is 0 Å². The summed E-state index contributed by atoms with van der Waals surface area (Å²) < 4.78 is 0. The minimum Gasteiger partial charge on any atom is -0.333 e. The second-order valence-electron chi connectivity index (χ2n) is 0. The predicted molar refractivity (Wildman–Crippen MR) is 37.0 cm³/mol. The van der Waals surface area contributed by atoms with E-state index in [1.807, 2.05) is 0 Å². The highest BCUT2D eigenvalue weighted by atomic mass is 14.4. The summed E-state index contributed by atoms with van der Waals surface area (Å²) in [7, 11) is 1.50. The maximum Gasteiger partial charge on any atom is -0.0195 e. The molecule has 6 heavy (non-hydrogen) atoms. The van der Waals surface area contributed by atoms with Gasteiger partial charge in [-0.05, 0) is 7.05 Å². The third-order valence-corrected chi connectivity index (χ3v) is 0. The van der Waals surface area contributed by atoms with Crippen LogP contribution in [0.15, 0.2) is 0 Å². The lowest BCUT2D eigenvalue weighted by Gasteiger charge is -1.19. The van der Waals surface area contributed by atoms with E-state index in [1.165, 1.54) is 7.05 Å². The summed E-state index contributed by atoms with van der Waals surface area (Å²) in [6, 6.07) is 0. The van der Waals surface area contributed by atoms with Crippen LogP contribution in [-0.2, 0) is 0 Å². The molecule has 0 saturated carbocycles. The van der Waals surface area contributed by atoms with Crippen LogP contribution in [0, 0.1) is 0 Å². The second kappa shape index (κ2) is 48600. The standard InChI is InChI=1S/CH5N.4CH4/c1-2;;;;/h2H2,1H3;4*1H4. The molecule has 0 aromatic carbocycles. The average Bonchev–Trinajstić information content (AvgIpc) is 1.00. The maximum atomic E-state index is 4.50. The van der Waals surface area contributed by atoms with E-state index in [9.17, 15) is 0 Å². The summed E-state index contributed by atoms with van der Waals surface area (Å²) in [5.41, 5.74) is 4.50. The topological polar surface area (TPSA) is 26.0 Å². The Bertz CT molecular complexity index is 3.90. The molecule has 2 N–H and O–H groups in total. The SMILES string of the molecule is C.C.C.C.CN. The Morgan fingerprint density at radius 2 is 0.667 bits per heavy atom. The molecule has 0 amide bonds. The molecule has 0 heterocycles. The summed E-state index contributed by atoms with van der Waals surface area (Å²) >= 11 is 0. The summed E-state index contributed by atoms with van der Waals surface area (Å²) in [5, 5.41) is 0. The summed E-state index contributed by atoms with van der Waals surface area (Å²) in [5.74, 6) is 0. The maximum absolute atomic E-state index is 4.50. The Hall–Kier alpha value is -0.0400. The summed E-state index contributed by atoms with van der Waals surface area (Å²) in [4.78, 5) is 0. The molecule has 0 aromatic heterocycles. The van der Waals surface area contributed by atoms with Gasteiger partial charge in [-0.15, -0.1) is 0 Å². The van der Waals surface area contributed by atoms with Crippen LogP contribution < -0.4 is 5.73 Å². The number of hydrogen-bond donors (Lipinski definition) is 1. The van der Waals surface area contributed by atoms with E-state index in [4.69, 9.17) is 0 Å². The molecule has 0 aliphatic carbocycles. The van der Waals surface area contributed by atoms with Crippen molar-refractivity contribution in [1.82, 2.24) is 0 Å². The number of nitrogens with two attached hydrogens (primary N) is 1. The zero-order valence-electron chi connectivity index (χ0n) is 1.58. The van der Waals surface area contributed by atoms with Gasteiger partial charge in [0.25, 0.3) is 0 Å². The van der Waals surface area contributed by atoms with Gasteiger partial charge in [0.2, 0.25) is 0 Å². The zero-order chi connectivity index (χ0) is 2.00. The van der Waals surface area contributed by atoms with Gasteiger partial charge in [0.1, 0.15) is 0 Å². The Morgan fingerprint density at radius 3 is 0.667 bits per heavy atom. The fraction of sp³-hybridized carbons (Fsp3) is 1.00. The second-order valence-corrected chi connectivity index (χ2v) is 0. The van der Waals surface area contributed by atoms with Crippen LogP contribution in [0.3, 0.4) is 0 Å². The average molecular weight is 95.2 g/mol. The van der Waals surface area contributed by atoms with Gasteiger partial charge in [0.15, 0.2) is 0 Å². The first-order valence-electron chi connectivity index (χ1n) is 0.577. The highest BCUT2D eigenvalue weighted by Crippen LogP contribution is 0.469. The van der Waals surface area contributed by atoms with E-state index in [0.717, 1.165) is 0 Å². The van der Waals surface area contributed by atoms with Crippen molar-refractivity contribution < 1.29 is 0 Å². The van der Waals surface area contributed by atoms with Crippen LogP contribution in [0.25, 0.3) is 0 Å². The lowest BCUT2D eigenvalue weighted by molar-refractivity contribution is 1.48. The van der Waals surface area contributed by atoms with Gasteiger partial charge in [0, 0.05) is 0 Å². The number of hydrogen-bond acceptors (Lipinski definition) is 1. The molecule has 0 atom stereocenters. The Morgan fingerprint density at radius 1 is 0.667 bits per heavy atom. The van der Waals surface area contributed by atoms with Gasteiger partial charge in [-0.1, -0.05) is 29.7 Å². The third kappa shape index (κ3) is 21700.